The van der Waals surface area contributed by atoms with E-state index in [0.29, 0.717) is 5.56 Å². The lowest BCUT2D eigenvalue weighted by molar-refractivity contribution is -0.142. The van der Waals surface area contributed by atoms with Crippen molar-refractivity contribution in [2.24, 2.45) is 5.73 Å². The van der Waals surface area contributed by atoms with Gasteiger partial charge in [-0.3, -0.25) is 4.79 Å². The van der Waals surface area contributed by atoms with Gasteiger partial charge in [-0.25, -0.2) is 4.79 Å². The highest BCUT2D eigenvalue weighted by atomic mass is 35.5. The van der Waals surface area contributed by atoms with Crippen LogP contribution >= 0.6 is 12.4 Å². The average molecular weight is 276 g/mol. The summed E-state index contributed by atoms with van der Waals surface area (Å²) < 4.78 is 0. The van der Waals surface area contributed by atoms with Gasteiger partial charge >= 0.3 is 11.9 Å². The van der Waals surface area contributed by atoms with Crippen molar-refractivity contribution in [3.8, 4) is 5.75 Å². The highest BCUT2D eigenvalue weighted by Crippen LogP contribution is 2.21. The Labute approximate surface area is 109 Å². The van der Waals surface area contributed by atoms with Crippen LogP contribution in [0.25, 0.3) is 0 Å². The molecule has 0 saturated carbocycles. The van der Waals surface area contributed by atoms with Crippen molar-refractivity contribution in [1.29, 1.82) is 0 Å². The monoisotopic (exact) mass is 275 g/mol. The van der Waals surface area contributed by atoms with E-state index < -0.39 is 17.5 Å². The molecule has 0 aliphatic carbocycles. The van der Waals surface area contributed by atoms with Crippen molar-refractivity contribution in [2.45, 2.75) is 18.9 Å². The van der Waals surface area contributed by atoms with Gasteiger partial charge in [-0.15, -0.1) is 12.4 Å². The Bertz CT molecular complexity index is 473. The number of carboxylic acid groups (broad SMARTS) is 2. The lowest BCUT2D eigenvalue weighted by Gasteiger charge is -2.19. The molecule has 1 atom stereocenters. The fourth-order valence-electron chi connectivity index (χ4n) is 1.36. The second kappa shape index (κ2) is 5.70. The number of nitrogens with two attached hydrogens (primary N) is 1. The Morgan fingerprint density at radius 3 is 2.33 bits per heavy atom. The molecular formula is C11H14ClNO5. The number of carbonyl (C=O) groups is 2. The van der Waals surface area contributed by atoms with E-state index in [1.807, 2.05) is 0 Å². The summed E-state index contributed by atoms with van der Waals surface area (Å²) in [5.74, 6) is -2.82. The number of hydrogen-bond donors (Lipinski definition) is 4. The van der Waals surface area contributed by atoms with Gasteiger partial charge in [0, 0.05) is 6.42 Å². The third kappa shape index (κ3) is 3.61. The molecule has 5 N–H and O–H groups in total. The van der Waals surface area contributed by atoms with E-state index in [4.69, 9.17) is 15.9 Å². The van der Waals surface area contributed by atoms with Crippen molar-refractivity contribution in [2.75, 3.05) is 0 Å². The second-order valence-corrected chi connectivity index (χ2v) is 4.06. The van der Waals surface area contributed by atoms with Gasteiger partial charge in [0.15, 0.2) is 0 Å². The zero-order chi connectivity index (χ0) is 13.2. The molecular weight excluding hydrogens is 262 g/mol. The van der Waals surface area contributed by atoms with Crippen LogP contribution < -0.4 is 5.73 Å². The van der Waals surface area contributed by atoms with Crippen LogP contribution in [0.4, 0.5) is 0 Å². The first-order valence-electron chi connectivity index (χ1n) is 4.81. The molecule has 0 fully saturated rings. The van der Waals surface area contributed by atoms with E-state index in [1.54, 1.807) is 0 Å². The maximum Gasteiger partial charge on any atom is 0.339 e. The second-order valence-electron chi connectivity index (χ2n) is 4.06. The standard InChI is InChI=1S/C11H13NO5.ClH/c1-11(12,10(16)17)5-6-2-3-8(13)7(4-6)9(14)15;/h2-4,13H,5,12H2,1H3,(H,14,15)(H,16,17);1H/t11-;/m0./s1. The summed E-state index contributed by atoms with van der Waals surface area (Å²) in [6.45, 7) is 1.34. The van der Waals surface area contributed by atoms with E-state index in [0.717, 1.165) is 0 Å². The largest absolute Gasteiger partial charge is 0.507 e. The van der Waals surface area contributed by atoms with E-state index >= 15 is 0 Å². The summed E-state index contributed by atoms with van der Waals surface area (Å²) in [6.07, 6.45) is -0.0249. The number of halogens is 1. The molecule has 0 aromatic heterocycles. The molecule has 1 aromatic carbocycles. The summed E-state index contributed by atoms with van der Waals surface area (Å²) in [5.41, 5.74) is 4.23. The van der Waals surface area contributed by atoms with Gasteiger partial charge in [-0.1, -0.05) is 6.07 Å². The van der Waals surface area contributed by atoms with Crippen molar-refractivity contribution in [3.05, 3.63) is 29.3 Å². The Kier molecular flexibility index (Phi) is 5.13. The highest BCUT2D eigenvalue weighted by molar-refractivity contribution is 5.91. The Balaban J connectivity index is 0.00000289. The number of aromatic carboxylic acids is 1. The smallest absolute Gasteiger partial charge is 0.339 e. The van der Waals surface area contributed by atoms with Crippen molar-refractivity contribution >= 4 is 24.3 Å². The maximum atomic E-state index is 10.8. The normalized spacial score (nSPS) is 13.2. The summed E-state index contributed by atoms with van der Waals surface area (Å²) >= 11 is 0. The molecule has 7 heteroatoms. The molecule has 0 heterocycles. The van der Waals surface area contributed by atoms with Crippen LogP contribution in [-0.4, -0.2) is 32.8 Å². The van der Waals surface area contributed by atoms with E-state index in [1.165, 1.54) is 25.1 Å². The Morgan fingerprint density at radius 2 is 1.89 bits per heavy atom. The van der Waals surface area contributed by atoms with Crippen LogP contribution in [-0.2, 0) is 11.2 Å². The summed E-state index contributed by atoms with van der Waals surface area (Å²) in [6, 6.07) is 3.86. The van der Waals surface area contributed by atoms with Crippen molar-refractivity contribution in [3.63, 3.8) is 0 Å². The number of rotatable bonds is 4. The number of hydrogen-bond acceptors (Lipinski definition) is 4. The van der Waals surface area contributed by atoms with Crippen LogP contribution in [0.15, 0.2) is 18.2 Å². The quantitative estimate of drug-likeness (QED) is 0.646. The first-order valence-corrected chi connectivity index (χ1v) is 4.81. The van der Waals surface area contributed by atoms with E-state index in [9.17, 15) is 14.7 Å². The lowest BCUT2D eigenvalue weighted by atomic mass is 9.93. The number of phenols is 1. The number of benzene rings is 1. The first-order chi connectivity index (χ1) is 7.74. The third-order valence-electron chi connectivity index (χ3n) is 2.35. The van der Waals surface area contributed by atoms with Crippen molar-refractivity contribution in [1.82, 2.24) is 0 Å². The zero-order valence-corrected chi connectivity index (χ0v) is 10.4. The number of carboxylic acids is 2. The topological polar surface area (TPSA) is 121 Å². The number of aliphatic carboxylic acids is 1. The Morgan fingerprint density at radius 1 is 1.33 bits per heavy atom. The molecule has 0 aliphatic heterocycles. The van der Waals surface area contributed by atoms with E-state index in [-0.39, 0.29) is 30.1 Å². The van der Waals surface area contributed by atoms with Crippen LogP contribution in [0, 0.1) is 0 Å². The van der Waals surface area contributed by atoms with Crippen LogP contribution in [0.2, 0.25) is 0 Å². The molecule has 0 radical (unpaired) electrons. The summed E-state index contributed by atoms with van der Waals surface area (Å²) in [4.78, 5) is 21.6. The summed E-state index contributed by atoms with van der Waals surface area (Å²) in [7, 11) is 0. The average Bonchev–Trinajstić information content (AvgIpc) is 2.20. The SMILES string of the molecule is C[C@](N)(Cc1ccc(O)c(C(=O)O)c1)C(=O)O.Cl. The minimum Gasteiger partial charge on any atom is -0.507 e. The molecule has 1 rings (SSSR count). The molecule has 0 saturated heterocycles. The molecule has 0 spiro atoms. The molecule has 0 amide bonds. The fourth-order valence-corrected chi connectivity index (χ4v) is 1.36. The van der Waals surface area contributed by atoms with Crippen LogP contribution in [0.1, 0.15) is 22.8 Å². The summed E-state index contributed by atoms with van der Waals surface area (Å²) in [5, 5.41) is 26.9. The minimum atomic E-state index is -1.48. The third-order valence-corrected chi connectivity index (χ3v) is 2.35. The van der Waals surface area contributed by atoms with Gasteiger partial charge < -0.3 is 21.1 Å². The molecule has 100 valence electrons. The van der Waals surface area contributed by atoms with E-state index in [2.05, 4.69) is 0 Å². The fraction of sp³-hybridized carbons (Fsp3) is 0.273. The number of aromatic hydroxyl groups is 1. The molecule has 1 aromatic rings. The van der Waals surface area contributed by atoms with Gasteiger partial charge in [-0.2, -0.15) is 0 Å². The molecule has 0 bridgehead atoms. The Hall–Kier alpha value is -1.79. The van der Waals surface area contributed by atoms with Gasteiger partial charge in [0.2, 0.25) is 0 Å². The van der Waals surface area contributed by atoms with Gasteiger partial charge in [0.05, 0.1) is 0 Å². The first kappa shape index (κ1) is 16.2. The van der Waals surface area contributed by atoms with Gasteiger partial charge in [0.25, 0.3) is 0 Å². The molecule has 0 unspecified atom stereocenters. The molecule has 18 heavy (non-hydrogen) atoms. The predicted molar refractivity (Wildman–Crippen MR) is 66.2 cm³/mol. The van der Waals surface area contributed by atoms with Crippen molar-refractivity contribution < 1.29 is 24.9 Å². The van der Waals surface area contributed by atoms with Gasteiger partial charge in [0.1, 0.15) is 16.9 Å². The zero-order valence-electron chi connectivity index (χ0n) is 9.58. The highest BCUT2D eigenvalue weighted by Gasteiger charge is 2.28. The maximum absolute atomic E-state index is 10.8. The van der Waals surface area contributed by atoms with Crippen LogP contribution in [0.3, 0.4) is 0 Å². The molecule has 6 nitrogen and oxygen atoms in total. The van der Waals surface area contributed by atoms with Crippen LogP contribution in [0.5, 0.6) is 5.75 Å². The predicted octanol–water partition coefficient (Wildman–Crippen LogP) is 0.857. The minimum absolute atomic E-state index is 0. The lowest BCUT2D eigenvalue weighted by Crippen LogP contribution is -2.46. The molecule has 0 aliphatic rings. The van der Waals surface area contributed by atoms with Gasteiger partial charge in [-0.05, 0) is 24.6 Å².